The Balaban J connectivity index is 2.35. The zero-order valence-electron chi connectivity index (χ0n) is 14.3. The Morgan fingerprint density at radius 3 is 2.29 bits per heavy atom. The summed E-state index contributed by atoms with van der Waals surface area (Å²) in [5.74, 6) is 0. The van der Waals surface area contributed by atoms with Crippen molar-refractivity contribution in [2.24, 2.45) is 5.73 Å². The summed E-state index contributed by atoms with van der Waals surface area (Å²) < 4.78 is 6.22. The lowest BCUT2D eigenvalue weighted by atomic mass is 9.93. The minimum Gasteiger partial charge on any atom is -0.367 e. The average molecular weight is 311 g/mol. The summed E-state index contributed by atoms with van der Waals surface area (Å²) in [4.78, 5) is 3.95. The van der Waals surface area contributed by atoms with Gasteiger partial charge < -0.3 is 10.5 Å². The lowest BCUT2D eigenvalue weighted by Crippen LogP contribution is -2.59. The van der Waals surface area contributed by atoms with E-state index >= 15 is 0 Å². The van der Waals surface area contributed by atoms with Crippen LogP contribution in [0, 0.1) is 6.92 Å². The molecule has 0 radical (unpaired) electrons. The molecule has 2 N–H and O–H groups in total. The lowest BCUT2D eigenvalue weighted by Gasteiger charge is -2.50. The van der Waals surface area contributed by atoms with Crippen LogP contribution in [-0.4, -0.2) is 35.2 Å². The Kier molecular flexibility index (Phi) is 4.84. The molecule has 2 heterocycles. The van der Waals surface area contributed by atoms with Crippen LogP contribution >= 0.6 is 11.3 Å². The maximum absolute atomic E-state index is 6.51. The molecule has 21 heavy (non-hydrogen) atoms. The van der Waals surface area contributed by atoms with Gasteiger partial charge in [-0.1, -0.05) is 6.92 Å². The van der Waals surface area contributed by atoms with E-state index in [9.17, 15) is 0 Å². The van der Waals surface area contributed by atoms with Crippen LogP contribution in [0.2, 0.25) is 0 Å². The Hall–Kier alpha value is -0.420. The normalized spacial score (nSPS) is 24.7. The van der Waals surface area contributed by atoms with Gasteiger partial charge in [0.05, 0.1) is 17.2 Å². The van der Waals surface area contributed by atoms with Gasteiger partial charge in [-0.25, -0.2) is 0 Å². The van der Waals surface area contributed by atoms with Crippen LogP contribution in [0.15, 0.2) is 11.4 Å². The standard InChI is InChI=1S/C17H30N2OS/c1-7-13(18)14(15-12(2)8-9-21-15)19-10-16(3,4)20-17(5,6)11-19/h8-9,13-14H,7,10-11,18H2,1-6H3. The number of nitrogens with two attached hydrogens (primary N) is 1. The monoisotopic (exact) mass is 310 g/mol. The van der Waals surface area contributed by atoms with E-state index in [4.69, 9.17) is 10.5 Å². The van der Waals surface area contributed by atoms with Crippen molar-refractivity contribution in [1.29, 1.82) is 0 Å². The van der Waals surface area contributed by atoms with Crippen LogP contribution in [0.5, 0.6) is 0 Å². The van der Waals surface area contributed by atoms with Gasteiger partial charge in [0, 0.05) is 24.0 Å². The van der Waals surface area contributed by atoms with E-state index in [0.29, 0.717) is 0 Å². The summed E-state index contributed by atoms with van der Waals surface area (Å²) in [7, 11) is 0. The predicted molar refractivity (Wildman–Crippen MR) is 90.9 cm³/mol. The first-order chi connectivity index (χ1) is 9.65. The minimum absolute atomic E-state index is 0.140. The Morgan fingerprint density at radius 1 is 1.29 bits per heavy atom. The van der Waals surface area contributed by atoms with Gasteiger partial charge >= 0.3 is 0 Å². The van der Waals surface area contributed by atoms with Gasteiger partial charge in [0.25, 0.3) is 0 Å². The number of aryl methyl sites for hydroxylation is 1. The number of morpholine rings is 1. The molecule has 2 atom stereocenters. The van der Waals surface area contributed by atoms with Crippen LogP contribution < -0.4 is 5.73 Å². The third-order valence-corrected chi connectivity index (χ3v) is 5.25. The second kappa shape index (κ2) is 5.99. The molecule has 0 aromatic carbocycles. The molecular formula is C17H30N2OS. The topological polar surface area (TPSA) is 38.5 Å². The van der Waals surface area contributed by atoms with Gasteiger partial charge in [0.1, 0.15) is 0 Å². The first-order valence-electron chi connectivity index (χ1n) is 7.89. The summed E-state index contributed by atoms with van der Waals surface area (Å²) in [6, 6.07) is 2.65. The van der Waals surface area contributed by atoms with Gasteiger partial charge in [-0.2, -0.15) is 0 Å². The molecule has 1 aromatic rings. The summed E-state index contributed by atoms with van der Waals surface area (Å²) in [6.07, 6.45) is 0.986. The zero-order valence-corrected chi connectivity index (χ0v) is 15.1. The zero-order chi connectivity index (χ0) is 15.8. The molecule has 2 unspecified atom stereocenters. The van der Waals surface area contributed by atoms with E-state index in [2.05, 4.69) is 57.9 Å². The quantitative estimate of drug-likeness (QED) is 0.921. The highest BCUT2D eigenvalue weighted by Crippen LogP contribution is 2.38. The molecule has 120 valence electrons. The van der Waals surface area contributed by atoms with E-state index in [0.717, 1.165) is 19.5 Å². The van der Waals surface area contributed by atoms with Crippen LogP contribution in [0.4, 0.5) is 0 Å². The van der Waals surface area contributed by atoms with Gasteiger partial charge in [-0.05, 0) is 58.0 Å². The molecular weight excluding hydrogens is 280 g/mol. The van der Waals surface area contributed by atoms with Gasteiger partial charge in [-0.3, -0.25) is 4.90 Å². The predicted octanol–water partition coefficient (Wildman–Crippen LogP) is 3.72. The number of hydrogen-bond donors (Lipinski definition) is 1. The van der Waals surface area contributed by atoms with E-state index in [1.165, 1.54) is 10.4 Å². The maximum Gasteiger partial charge on any atom is 0.0761 e. The van der Waals surface area contributed by atoms with E-state index < -0.39 is 0 Å². The molecule has 1 fully saturated rings. The second-order valence-electron chi connectivity index (χ2n) is 7.51. The fourth-order valence-electron chi connectivity index (χ4n) is 3.59. The van der Waals surface area contributed by atoms with Gasteiger partial charge in [-0.15, -0.1) is 11.3 Å². The van der Waals surface area contributed by atoms with Crippen molar-refractivity contribution >= 4 is 11.3 Å². The van der Waals surface area contributed by atoms with Gasteiger partial charge in [0.15, 0.2) is 0 Å². The summed E-state index contributed by atoms with van der Waals surface area (Å²) in [5, 5.41) is 2.18. The van der Waals surface area contributed by atoms with Crippen molar-refractivity contribution in [3.05, 3.63) is 21.9 Å². The molecule has 0 aliphatic carbocycles. The molecule has 2 rings (SSSR count). The largest absolute Gasteiger partial charge is 0.367 e. The molecule has 1 aliphatic heterocycles. The first kappa shape index (κ1) is 16.9. The highest BCUT2D eigenvalue weighted by atomic mass is 32.1. The molecule has 3 nitrogen and oxygen atoms in total. The maximum atomic E-state index is 6.51. The van der Waals surface area contributed by atoms with E-state index in [1.54, 1.807) is 0 Å². The Bertz CT molecular complexity index is 465. The minimum atomic E-state index is -0.140. The SMILES string of the molecule is CCC(N)C(c1sccc1C)N1CC(C)(C)OC(C)(C)C1. The third kappa shape index (κ3) is 3.86. The molecule has 1 aromatic heterocycles. The number of thiophene rings is 1. The molecule has 0 spiro atoms. The molecule has 0 bridgehead atoms. The fourth-order valence-corrected chi connectivity index (χ4v) is 4.72. The van der Waals surface area contributed by atoms with Crippen molar-refractivity contribution in [1.82, 2.24) is 4.90 Å². The first-order valence-corrected chi connectivity index (χ1v) is 8.77. The number of nitrogens with zero attached hydrogens (tertiary/aromatic N) is 1. The summed E-state index contributed by atoms with van der Waals surface area (Å²) in [5.41, 5.74) is 7.59. The van der Waals surface area contributed by atoms with Crippen LogP contribution in [0.25, 0.3) is 0 Å². The van der Waals surface area contributed by atoms with Crippen molar-refractivity contribution in [3.8, 4) is 0 Å². The number of ether oxygens (including phenoxy) is 1. The molecule has 0 saturated carbocycles. The number of hydrogen-bond acceptors (Lipinski definition) is 4. The van der Waals surface area contributed by atoms with Crippen molar-refractivity contribution in [2.75, 3.05) is 13.1 Å². The highest BCUT2D eigenvalue weighted by Gasteiger charge is 2.42. The Labute approximate surface area is 133 Å². The van der Waals surface area contributed by atoms with E-state index in [-0.39, 0.29) is 23.3 Å². The van der Waals surface area contributed by atoms with Crippen LogP contribution in [0.1, 0.15) is 57.5 Å². The average Bonchev–Trinajstić information content (AvgIpc) is 2.72. The van der Waals surface area contributed by atoms with Crippen LogP contribution in [-0.2, 0) is 4.74 Å². The molecule has 1 aliphatic rings. The molecule has 0 amide bonds. The van der Waals surface area contributed by atoms with Gasteiger partial charge in [0.2, 0.25) is 0 Å². The molecule has 4 heteroatoms. The second-order valence-corrected chi connectivity index (χ2v) is 8.46. The summed E-state index contributed by atoms with van der Waals surface area (Å²) in [6.45, 7) is 14.9. The fraction of sp³-hybridized carbons (Fsp3) is 0.765. The van der Waals surface area contributed by atoms with Crippen molar-refractivity contribution in [3.63, 3.8) is 0 Å². The third-order valence-electron chi connectivity index (χ3n) is 4.16. The molecule has 1 saturated heterocycles. The van der Waals surface area contributed by atoms with Crippen LogP contribution in [0.3, 0.4) is 0 Å². The van der Waals surface area contributed by atoms with Crippen molar-refractivity contribution < 1.29 is 4.74 Å². The lowest BCUT2D eigenvalue weighted by molar-refractivity contribution is -0.189. The smallest absolute Gasteiger partial charge is 0.0761 e. The number of rotatable bonds is 4. The van der Waals surface area contributed by atoms with Crippen molar-refractivity contribution in [2.45, 2.75) is 71.2 Å². The van der Waals surface area contributed by atoms with E-state index in [1.807, 2.05) is 11.3 Å². The summed E-state index contributed by atoms with van der Waals surface area (Å²) >= 11 is 1.83. The highest BCUT2D eigenvalue weighted by molar-refractivity contribution is 7.10. The Morgan fingerprint density at radius 2 is 1.86 bits per heavy atom.